The highest BCUT2D eigenvalue weighted by Gasteiger charge is 2.33. The zero-order valence-electron chi connectivity index (χ0n) is 14.6. The number of benzene rings is 2. The molecule has 0 spiro atoms. The van der Waals surface area contributed by atoms with Gasteiger partial charge in [0.2, 0.25) is 5.91 Å². The number of anilines is 1. The lowest BCUT2D eigenvalue weighted by atomic mass is 10.2. The number of nitrogens with one attached hydrogen (secondary N) is 1. The van der Waals surface area contributed by atoms with Crippen LogP contribution in [0.5, 0.6) is 5.75 Å². The van der Waals surface area contributed by atoms with Crippen LogP contribution < -0.4 is 5.32 Å². The molecule has 0 aromatic heterocycles. The van der Waals surface area contributed by atoms with Crippen LogP contribution in [-0.2, 0) is 9.59 Å². The van der Waals surface area contributed by atoms with Crippen molar-refractivity contribution in [3.05, 3.63) is 63.5 Å². The van der Waals surface area contributed by atoms with Gasteiger partial charge in [-0.2, -0.15) is 0 Å². The number of nitrogens with zero attached hydrogens (tertiary/aromatic N) is 1. The van der Waals surface area contributed by atoms with Crippen molar-refractivity contribution in [1.82, 2.24) is 4.90 Å². The normalized spacial score (nSPS) is 15.1. The predicted molar refractivity (Wildman–Crippen MR) is 115 cm³/mol. The Bertz CT molecular complexity index is 1050. The van der Waals surface area contributed by atoms with Crippen LogP contribution >= 0.6 is 35.6 Å². The van der Waals surface area contributed by atoms with Crippen LogP contribution in [0.4, 0.5) is 5.69 Å². The minimum Gasteiger partial charge on any atom is -0.507 e. The number of carbonyl (C=O) groups is 3. The number of carbonyl (C=O) groups excluding carboxylic acids is 2. The SMILES string of the molecule is O=C(CN1C(=O)C(=Cc2ccc(Cl)cc2)SC1=S)Nc1ccc(O)c(C(=O)O)c1. The van der Waals surface area contributed by atoms with Gasteiger partial charge >= 0.3 is 5.97 Å². The Labute approximate surface area is 180 Å². The Morgan fingerprint density at radius 3 is 2.55 bits per heavy atom. The average Bonchev–Trinajstić information content (AvgIpc) is 2.92. The zero-order chi connectivity index (χ0) is 21.1. The summed E-state index contributed by atoms with van der Waals surface area (Å²) in [5.41, 5.74) is 0.594. The summed E-state index contributed by atoms with van der Waals surface area (Å²) in [6.45, 7) is -0.327. The maximum Gasteiger partial charge on any atom is 0.339 e. The van der Waals surface area contributed by atoms with E-state index in [1.165, 1.54) is 6.07 Å². The van der Waals surface area contributed by atoms with Crippen LogP contribution in [0, 0.1) is 0 Å². The second-order valence-electron chi connectivity index (χ2n) is 5.90. The Hall–Kier alpha value is -2.88. The van der Waals surface area contributed by atoms with Gasteiger partial charge in [-0.15, -0.1) is 0 Å². The van der Waals surface area contributed by atoms with Gasteiger partial charge in [0.05, 0.1) is 4.91 Å². The van der Waals surface area contributed by atoms with Crippen LogP contribution in [-0.4, -0.2) is 43.8 Å². The molecule has 2 aromatic rings. The summed E-state index contributed by atoms with van der Waals surface area (Å²) in [5, 5.41) is 21.6. The number of halogens is 1. The van der Waals surface area contributed by atoms with E-state index in [1.807, 2.05) is 0 Å². The number of carboxylic acids is 1. The van der Waals surface area contributed by atoms with Crippen LogP contribution in [0.3, 0.4) is 0 Å². The summed E-state index contributed by atoms with van der Waals surface area (Å²) in [5.74, 6) is -2.71. The van der Waals surface area contributed by atoms with E-state index in [0.717, 1.165) is 34.4 Å². The van der Waals surface area contributed by atoms with Crippen LogP contribution in [0.25, 0.3) is 6.08 Å². The fourth-order valence-corrected chi connectivity index (χ4v) is 3.86. The van der Waals surface area contributed by atoms with Gasteiger partial charge < -0.3 is 15.5 Å². The number of thioether (sulfide) groups is 1. The highest BCUT2D eigenvalue weighted by molar-refractivity contribution is 8.26. The lowest BCUT2D eigenvalue weighted by Crippen LogP contribution is -2.36. The first-order valence-electron chi connectivity index (χ1n) is 8.11. The highest BCUT2D eigenvalue weighted by atomic mass is 35.5. The largest absolute Gasteiger partial charge is 0.507 e. The molecule has 10 heteroatoms. The summed E-state index contributed by atoms with van der Waals surface area (Å²) in [7, 11) is 0. The summed E-state index contributed by atoms with van der Waals surface area (Å²) in [4.78, 5) is 37.5. The van der Waals surface area contributed by atoms with Crippen LogP contribution in [0.15, 0.2) is 47.4 Å². The van der Waals surface area contributed by atoms with E-state index in [9.17, 15) is 19.5 Å². The lowest BCUT2D eigenvalue weighted by Gasteiger charge is -2.14. The van der Waals surface area contributed by atoms with Crippen molar-refractivity contribution in [3.63, 3.8) is 0 Å². The van der Waals surface area contributed by atoms with Gasteiger partial charge in [0, 0.05) is 10.7 Å². The van der Waals surface area contributed by atoms with Crippen molar-refractivity contribution in [2.24, 2.45) is 0 Å². The monoisotopic (exact) mass is 448 g/mol. The molecule has 3 N–H and O–H groups in total. The topological polar surface area (TPSA) is 107 Å². The summed E-state index contributed by atoms with van der Waals surface area (Å²) in [6, 6.07) is 10.5. The molecule has 0 saturated carbocycles. The molecular formula is C19H13ClN2O5S2. The first-order chi connectivity index (χ1) is 13.7. The second kappa shape index (κ2) is 8.64. The Morgan fingerprint density at radius 2 is 1.90 bits per heavy atom. The first-order valence-corrected chi connectivity index (χ1v) is 9.72. The van der Waals surface area contributed by atoms with Gasteiger partial charge in [0.25, 0.3) is 5.91 Å². The molecule has 1 saturated heterocycles. The van der Waals surface area contributed by atoms with Crippen LogP contribution in [0.2, 0.25) is 5.02 Å². The number of aromatic hydroxyl groups is 1. The predicted octanol–water partition coefficient (Wildman–Crippen LogP) is 3.58. The quantitative estimate of drug-likeness (QED) is 0.364. The minimum atomic E-state index is -1.33. The fraction of sp³-hybridized carbons (Fsp3) is 0.0526. The molecule has 0 atom stereocenters. The van der Waals surface area contributed by atoms with Crippen molar-refractivity contribution in [2.75, 3.05) is 11.9 Å². The van der Waals surface area contributed by atoms with Gasteiger partial charge in [-0.1, -0.05) is 47.7 Å². The molecule has 148 valence electrons. The van der Waals surface area contributed by atoms with E-state index in [2.05, 4.69) is 5.32 Å². The number of phenols is 1. The molecule has 0 radical (unpaired) electrons. The minimum absolute atomic E-state index is 0.173. The van der Waals surface area contributed by atoms with E-state index in [-0.39, 0.29) is 22.1 Å². The van der Waals surface area contributed by atoms with Crippen molar-refractivity contribution in [1.29, 1.82) is 0 Å². The van der Waals surface area contributed by atoms with Crippen molar-refractivity contribution < 1.29 is 24.6 Å². The second-order valence-corrected chi connectivity index (χ2v) is 8.02. The average molecular weight is 449 g/mol. The zero-order valence-corrected chi connectivity index (χ0v) is 17.0. The maximum atomic E-state index is 12.6. The molecule has 0 aliphatic carbocycles. The molecule has 1 fully saturated rings. The third kappa shape index (κ3) is 4.94. The molecule has 7 nitrogen and oxygen atoms in total. The van der Waals surface area contributed by atoms with E-state index >= 15 is 0 Å². The van der Waals surface area contributed by atoms with E-state index in [1.54, 1.807) is 30.3 Å². The highest BCUT2D eigenvalue weighted by Crippen LogP contribution is 2.32. The molecule has 29 heavy (non-hydrogen) atoms. The fourth-order valence-electron chi connectivity index (χ4n) is 2.48. The van der Waals surface area contributed by atoms with Crippen molar-refractivity contribution >= 4 is 69.4 Å². The molecule has 2 amide bonds. The summed E-state index contributed by atoms with van der Waals surface area (Å²) in [6.07, 6.45) is 1.66. The Kier molecular flexibility index (Phi) is 6.21. The number of aromatic carboxylic acids is 1. The number of rotatable bonds is 5. The molecule has 0 unspecified atom stereocenters. The molecule has 3 rings (SSSR count). The first kappa shape index (κ1) is 20.8. The van der Waals surface area contributed by atoms with Crippen LogP contribution in [0.1, 0.15) is 15.9 Å². The van der Waals surface area contributed by atoms with Gasteiger partial charge in [0.15, 0.2) is 0 Å². The third-order valence-electron chi connectivity index (χ3n) is 3.85. The van der Waals surface area contributed by atoms with Gasteiger partial charge in [-0.3, -0.25) is 14.5 Å². The van der Waals surface area contributed by atoms with Gasteiger partial charge in [-0.05, 0) is 42.0 Å². The summed E-state index contributed by atoms with van der Waals surface area (Å²) >= 11 is 12.1. The summed E-state index contributed by atoms with van der Waals surface area (Å²) < 4.78 is 0.238. The molecule has 2 aromatic carbocycles. The van der Waals surface area contributed by atoms with Gasteiger partial charge in [0.1, 0.15) is 22.2 Å². The maximum absolute atomic E-state index is 12.6. The van der Waals surface area contributed by atoms with E-state index < -0.39 is 23.5 Å². The number of carboxylic acid groups (broad SMARTS) is 1. The molecular weight excluding hydrogens is 436 g/mol. The molecule has 1 aliphatic heterocycles. The van der Waals surface area contributed by atoms with Crippen molar-refractivity contribution in [3.8, 4) is 5.75 Å². The van der Waals surface area contributed by atoms with Gasteiger partial charge in [-0.25, -0.2) is 4.79 Å². The Morgan fingerprint density at radius 1 is 1.21 bits per heavy atom. The van der Waals surface area contributed by atoms with E-state index in [0.29, 0.717) is 9.93 Å². The number of hydrogen-bond acceptors (Lipinski definition) is 6. The molecule has 0 bridgehead atoms. The number of thiocarbonyl (C=S) groups is 1. The standard InChI is InChI=1S/C19H13ClN2O5S2/c20-11-3-1-10(2-4-11)7-15-17(25)22(19(28)29-15)9-16(24)21-12-5-6-14(23)13(8-12)18(26)27/h1-8,23H,9H2,(H,21,24)(H,26,27). The molecule has 1 aliphatic rings. The number of amides is 2. The number of hydrogen-bond donors (Lipinski definition) is 3. The Balaban J connectivity index is 1.70. The molecule has 1 heterocycles. The van der Waals surface area contributed by atoms with Crippen molar-refractivity contribution in [2.45, 2.75) is 0 Å². The van der Waals surface area contributed by atoms with E-state index in [4.69, 9.17) is 28.9 Å². The third-order valence-corrected chi connectivity index (χ3v) is 5.48. The smallest absolute Gasteiger partial charge is 0.339 e. The lowest BCUT2D eigenvalue weighted by molar-refractivity contribution is -0.126.